The second-order valence-corrected chi connectivity index (χ2v) is 10.3. The number of para-hydroxylation sites is 1. The van der Waals surface area contributed by atoms with Gasteiger partial charge in [0.05, 0.1) is 12.6 Å². The first-order valence-electron chi connectivity index (χ1n) is 11.2. The molecule has 0 radical (unpaired) electrons. The van der Waals surface area contributed by atoms with E-state index in [-0.39, 0.29) is 23.8 Å². The average molecular weight is 440 g/mol. The van der Waals surface area contributed by atoms with Crippen LogP contribution in [0.25, 0.3) is 0 Å². The maximum absolute atomic E-state index is 13.6. The first-order chi connectivity index (χ1) is 15.0. The third-order valence-electron chi connectivity index (χ3n) is 6.26. The third kappa shape index (κ3) is 5.26. The predicted molar refractivity (Wildman–Crippen MR) is 127 cm³/mol. The Labute approximate surface area is 189 Å². The van der Waals surface area contributed by atoms with E-state index in [1.165, 1.54) is 4.88 Å². The normalized spacial score (nSPS) is 21.3. The Morgan fingerprint density at radius 3 is 2.45 bits per heavy atom. The summed E-state index contributed by atoms with van der Waals surface area (Å²) in [6, 6.07) is 14.4. The highest BCUT2D eigenvalue weighted by atomic mass is 32.1. The summed E-state index contributed by atoms with van der Waals surface area (Å²) in [5.74, 6) is 0.255. The molecule has 166 valence electrons. The number of piperazine rings is 1. The zero-order valence-electron chi connectivity index (χ0n) is 18.5. The number of Topliss-reactive ketones (excluding diaryl/α,β-unsaturated/α-hetero) is 1. The largest absolute Gasteiger partial charge is 0.395 e. The van der Waals surface area contributed by atoms with Gasteiger partial charge in [-0.25, -0.2) is 0 Å². The van der Waals surface area contributed by atoms with Gasteiger partial charge in [0.25, 0.3) is 0 Å². The van der Waals surface area contributed by atoms with Crippen LogP contribution in [0.5, 0.6) is 0 Å². The zero-order chi connectivity index (χ0) is 21.8. The molecule has 6 heteroatoms. The number of aliphatic hydroxyl groups is 1. The molecule has 1 saturated heterocycles. The van der Waals surface area contributed by atoms with Gasteiger partial charge in [-0.3, -0.25) is 14.6 Å². The molecule has 2 aliphatic rings. The van der Waals surface area contributed by atoms with Crippen LogP contribution in [0.1, 0.15) is 37.6 Å². The lowest BCUT2D eigenvalue weighted by Gasteiger charge is -2.42. The highest BCUT2D eigenvalue weighted by molar-refractivity contribution is 7.10. The molecule has 0 amide bonds. The van der Waals surface area contributed by atoms with Crippen molar-refractivity contribution >= 4 is 22.8 Å². The summed E-state index contributed by atoms with van der Waals surface area (Å²) in [6.07, 6.45) is 1.43. The number of hydrogen-bond acceptors (Lipinski definition) is 6. The molecular weight excluding hydrogens is 406 g/mol. The predicted octanol–water partition coefficient (Wildman–Crippen LogP) is 4.15. The van der Waals surface area contributed by atoms with E-state index < -0.39 is 0 Å². The molecule has 1 aliphatic heterocycles. The number of carbonyl (C=O) groups is 1. The fraction of sp³-hybridized carbons (Fsp3) is 0.480. The van der Waals surface area contributed by atoms with E-state index in [0.29, 0.717) is 13.0 Å². The standard InChI is InChI=1S/C25H33N3O2S/c1-25(2)17-20(26-19-7-4-3-5-8-19)23(21(30)18-25)24(22-9-6-16-31-22)28-12-10-27(11-13-28)14-15-29/h3-9,16,24,26,29H,10-15,17-18H2,1-2H3. The summed E-state index contributed by atoms with van der Waals surface area (Å²) < 4.78 is 0. The Bertz CT molecular complexity index is 900. The molecule has 2 heterocycles. The van der Waals surface area contributed by atoms with Crippen LogP contribution in [0.4, 0.5) is 5.69 Å². The van der Waals surface area contributed by atoms with Gasteiger partial charge < -0.3 is 10.4 Å². The van der Waals surface area contributed by atoms with Crippen molar-refractivity contribution in [3.05, 3.63) is 64.0 Å². The van der Waals surface area contributed by atoms with Crippen LogP contribution in [0.3, 0.4) is 0 Å². The fourth-order valence-corrected chi connectivity index (χ4v) is 5.66. The van der Waals surface area contributed by atoms with E-state index in [4.69, 9.17) is 0 Å². The zero-order valence-corrected chi connectivity index (χ0v) is 19.3. The molecule has 1 unspecified atom stereocenters. The molecule has 1 aromatic heterocycles. The monoisotopic (exact) mass is 439 g/mol. The van der Waals surface area contributed by atoms with Crippen LogP contribution >= 0.6 is 11.3 Å². The number of rotatable bonds is 7. The molecule has 31 heavy (non-hydrogen) atoms. The van der Waals surface area contributed by atoms with Gasteiger partial charge >= 0.3 is 0 Å². The number of carbonyl (C=O) groups excluding carboxylic acids is 1. The maximum atomic E-state index is 13.6. The summed E-state index contributed by atoms with van der Waals surface area (Å²) >= 11 is 1.73. The van der Waals surface area contributed by atoms with Crippen molar-refractivity contribution < 1.29 is 9.90 Å². The van der Waals surface area contributed by atoms with Gasteiger partial charge in [-0.2, -0.15) is 0 Å². The smallest absolute Gasteiger partial charge is 0.163 e. The molecule has 1 aromatic carbocycles. The Kier molecular flexibility index (Phi) is 6.92. The summed E-state index contributed by atoms with van der Waals surface area (Å²) in [5, 5.41) is 15.0. The fourth-order valence-electron chi connectivity index (χ4n) is 4.80. The van der Waals surface area contributed by atoms with E-state index in [1.807, 2.05) is 18.2 Å². The van der Waals surface area contributed by atoms with Gasteiger partial charge in [-0.15, -0.1) is 11.3 Å². The van der Waals surface area contributed by atoms with Crippen molar-refractivity contribution in [2.24, 2.45) is 5.41 Å². The van der Waals surface area contributed by atoms with E-state index in [2.05, 4.69) is 58.6 Å². The number of hydrogen-bond donors (Lipinski definition) is 2. The molecule has 1 fully saturated rings. The number of benzene rings is 1. The van der Waals surface area contributed by atoms with Gasteiger partial charge in [0.1, 0.15) is 0 Å². The molecule has 1 aliphatic carbocycles. The highest BCUT2D eigenvalue weighted by Gasteiger charge is 2.40. The number of nitrogens with zero attached hydrogens (tertiary/aromatic N) is 2. The third-order valence-corrected chi connectivity index (χ3v) is 7.19. The Morgan fingerprint density at radius 1 is 1.06 bits per heavy atom. The summed E-state index contributed by atoms with van der Waals surface area (Å²) in [5.41, 5.74) is 2.96. The van der Waals surface area contributed by atoms with Crippen LogP contribution in [0.15, 0.2) is 59.1 Å². The molecular formula is C25H33N3O2S. The number of aliphatic hydroxyl groups excluding tert-OH is 1. The number of nitrogens with one attached hydrogen (secondary N) is 1. The van der Waals surface area contributed by atoms with Gasteiger partial charge in [-0.1, -0.05) is 38.1 Å². The highest BCUT2D eigenvalue weighted by Crippen LogP contribution is 2.44. The minimum atomic E-state index is -0.0580. The minimum Gasteiger partial charge on any atom is -0.395 e. The second-order valence-electron chi connectivity index (χ2n) is 9.34. The minimum absolute atomic E-state index is 0.0221. The van der Waals surface area contributed by atoms with Crippen LogP contribution in [-0.2, 0) is 4.79 Å². The van der Waals surface area contributed by atoms with Crippen molar-refractivity contribution in [3.8, 4) is 0 Å². The van der Waals surface area contributed by atoms with Crippen LogP contribution in [0.2, 0.25) is 0 Å². The average Bonchev–Trinajstić information content (AvgIpc) is 3.26. The molecule has 2 N–H and O–H groups in total. The molecule has 0 bridgehead atoms. The SMILES string of the molecule is CC1(C)CC(=O)C(C(c2cccs2)N2CCN(CCO)CC2)=C(Nc2ccccc2)C1. The maximum Gasteiger partial charge on any atom is 0.163 e. The van der Waals surface area contributed by atoms with Gasteiger partial charge in [-0.05, 0) is 35.4 Å². The van der Waals surface area contributed by atoms with Crippen molar-refractivity contribution in [2.75, 3.05) is 44.6 Å². The van der Waals surface area contributed by atoms with Crippen molar-refractivity contribution in [1.82, 2.24) is 9.80 Å². The Balaban J connectivity index is 1.72. The van der Waals surface area contributed by atoms with Gasteiger partial charge in [0.2, 0.25) is 0 Å². The van der Waals surface area contributed by atoms with Gasteiger partial charge in [0.15, 0.2) is 5.78 Å². The molecule has 0 spiro atoms. The lowest BCUT2D eigenvalue weighted by Crippen LogP contribution is -2.49. The van der Waals surface area contributed by atoms with Crippen molar-refractivity contribution in [2.45, 2.75) is 32.7 Å². The lowest BCUT2D eigenvalue weighted by molar-refractivity contribution is -0.119. The van der Waals surface area contributed by atoms with E-state index in [9.17, 15) is 9.90 Å². The summed E-state index contributed by atoms with van der Waals surface area (Å²) in [6.45, 7) is 8.88. The number of β-amino-alcohol motifs (C(OH)–C–C–N with tert-alkyl or cyclic N) is 1. The van der Waals surface area contributed by atoms with Crippen molar-refractivity contribution in [3.63, 3.8) is 0 Å². The molecule has 1 atom stereocenters. The van der Waals surface area contributed by atoms with Crippen molar-refractivity contribution in [1.29, 1.82) is 0 Å². The Hall–Kier alpha value is -1.99. The summed E-state index contributed by atoms with van der Waals surface area (Å²) in [4.78, 5) is 19.6. The molecule has 4 rings (SSSR count). The Morgan fingerprint density at radius 2 is 1.81 bits per heavy atom. The van der Waals surface area contributed by atoms with Gasteiger partial charge in [0, 0.05) is 61.0 Å². The lowest BCUT2D eigenvalue weighted by atomic mass is 9.73. The summed E-state index contributed by atoms with van der Waals surface area (Å²) in [7, 11) is 0. The first kappa shape index (κ1) is 22.2. The molecule has 0 saturated carbocycles. The van der Waals surface area contributed by atoms with E-state index >= 15 is 0 Å². The van der Waals surface area contributed by atoms with E-state index in [1.54, 1.807) is 11.3 Å². The number of allylic oxidation sites excluding steroid dienone is 1. The quantitative estimate of drug-likeness (QED) is 0.679. The number of thiophene rings is 1. The van der Waals surface area contributed by atoms with Crippen LogP contribution < -0.4 is 5.32 Å². The van der Waals surface area contributed by atoms with Crippen LogP contribution in [0, 0.1) is 5.41 Å². The molecule has 2 aromatic rings. The van der Waals surface area contributed by atoms with E-state index in [0.717, 1.165) is 49.6 Å². The number of anilines is 1. The molecule has 5 nitrogen and oxygen atoms in total. The topological polar surface area (TPSA) is 55.8 Å². The van der Waals surface area contributed by atoms with Crippen LogP contribution in [-0.4, -0.2) is 60.0 Å². The first-order valence-corrected chi connectivity index (χ1v) is 12.0. The number of ketones is 1. The second kappa shape index (κ2) is 9.65.